The average Bonchev–Trinajstić information content (AvgIpc) is 3.73. The van der Waals surface area contributed by atoms with Crippen LogP contribution in [0, 0.1) is 0 Å². The van der Waals surface area contributed by atoms with Gasteiger partial charge in [-0.05, 0) is 48.5 Å². The number of fused-ring (bicyclic) bond motifs is 3. The maximum absolute atomic E-state index is 5.62. The Hall–Kier alpha value is -4.29. The molecule has 0 saturated heterocycles. The van der Waals surface area contributed by atoms with Gasteiger partial charge in [0.25, 0.3) is 0 Å². The molecule has 0 amide bonds. The van der Waals surface area contributed by atoms with E-state index in [9.17, 15) is 0 Å². The van der Waals surface area contributed by atoms with Crippen molar-refractivity contribution in [3.63, 3.8) is 0 Å². The number of thiazole rings is 1. The fourth-order valence-corrected chi connectivity index (χ4v) is 5.78. The minimum absolute atomic E-state index is 0.00879. The van der Waals surface area contributed by atoms with Crippen molar-refractivity contribution in [3.05, 3.63) is 120 Å². The first-order valence-electron chi connectivity index (χ1n) is 15.5. The standard InChI is InChI=1S/C17H18N2.C11H13NO.C11H13NS/c1-17(2,3)16-18-14-11-7-8-12-15(14)19(16)13-9-5-4-6-10-13;2*1-11(2,3)10-12-8-6-4-5-7-9(8)13-10/h4-12H,1-3H3;2*4-7H,1-3H3. The molecule has 4 aromatic carbocycles. The molecule has 0 aliphatic carbocycles. The van der Waals surface area contributed by atoms with Crippen LogP contribution in [0.4, 0.5) is 0 Å². The van der Waals surface area contributed by atoms with Gasteiger partial charge < -0.3 is 4.42 Å². The Bertz CT molecular complexity index is 1860. The molecule has 0 fully saturated rings. The van der Waals surface area contributed by atoms with E-state index >= 15 is 0 Å². The second-order valence-electron chi connectivity index (χ2n) is 14.3. The summed E-state index contributed by atoms with van der Waals surface area (Å²) in [7, 11) is 0. The number of imidazole rings is 1. The summed E-state index contributed by atoms with van der Waals surface area (Å²) in [6.45, 7) is 19.5. The van der Waals surface area contributed by atoms with Gasteiger partial charge in [-0.25, -0.2) is 15.0 Å². The van der Waals surface area contributed by atoms with E-state index in [1.807, 2.05) is 42.5 Å². The van der Waals surface area contributed by atoms with Gasteiger partial charge in [-0.2, -0.15) is 0 Å². The van der Waals surface area contributed by atoms with Crippen LogP contribution in [0.25, 0.3) is 38.0 Å². The number of nitrogens with zero attached hydrogens (tertiary/aromatic N) is 4. The molecule has 232 valence electrons. The molecule has 0 bridgehead atoms. The highest BCUT2D eigenvalue weighted by atomic mass is 32.1. The van der Waals surface area contributed by atoms with Gasteiger partial charge in [0, 0.05) is 21.9 Å². The van der Waals surface area contributed by atoms with Crippen molar-refractivity contribution in [2.24, 2.45) is 0 Å². The number of hydrogen-bond acceptors (Lipinski definition) is 5. The summed E-state index contributed by atoms with van der Waals surface area (Å²) in [4.78, 5) is 13.8. The van der Waals surface area contributed by atoms with Crippen molar-refractivity contribution in [3.8, 4) is 5.69 Å². The first-order valence-corrected chi connectivity index (χ1v) is 16.3. The Morgan fingerprint density at radius 2 is 1.11 bits per heavy atom. The molecule has 7 aromatic rings. The van der Waals surface area contributed by atoms with Crippen LogP contribution in [0.5, 0.6) is 0 Å². The molecule has 0 unspecified atom stereocenters. The molecule has 0 spiro atoms. The van der Waals surface area contributed by atoms with E-state index in [-0.39, 0.29) is 16.2 Å². The van der Waals surface area contributed by atoms with Gasteiger partial charge in [0.15, 0.2) is 5.58 Å². The number of oxazole rings is 1. The normalized spacial score (nSPS) is 12.1. The molecule has 3 heterocycles. The van der Waals surface area contributed by atoms with Crippen molar-refractivity contribution >= 4 is 43.7 Å². The van der Waals surface area contributed by atoms with E-state index in [0.717, 1.165) is 33.8 Å². The zero-order valence-corrected chi connectivity index (χ0v) is 28.7. The lowest BCUT2D eigenvalue weighted by Gasteiger charge is -2.20. The molecule has 3 aromatic heterocycles. The predicted molar refractivity (Wildman–Crippen MR) is 191 cm³/mol. The third-order valence-corrected chi connectivity index (χ3v) is 8.58. The van der Waals surface area contributed by atoms with Crippen LogP contribution >= 0.6 is 11.3 Å². The highest BCUT2D eigenvalue weighted by Gasteiger charge is 2.23. The Kier molecular flexibility index (Phi) is 8.99. The zero-order valence-electron chi connectivity index (χ0n) is 27.9. The Labute approximate surface area is 271 Å². The fraction of sp³-hybridized carbons (Fsp3) is 0.308. The summed E-state index contributed by atoms with van der Waals surface area (Å²) in [6, 6.07) is 34.9. The van der Waals surface area contributed by atoms with Crippen molar-refractivity contribution in [2.45, 2.75) is 78.6 Å². The topological polar surface area (TPSA) is 56.7 Å². The minimum atomic E-state index is -0.0149. The SMILES string of the molecule is CC(C)(C)c1nc2ccccc2n1-c1ccccc1.CC(C)(C)c1nc2ccccc2o1.CC(C)(C)c1nc2ccccc2s1. The molecule has 0 N–H and O–H groups in total. The van der Waals surface area contributed by atoms with E-state index in [1.54, 1.807) is 11.3 Å². The summed E-state index contributed by atoms with van der Waals surface area (Å²) in [5, 5.41) is 1.22. The molecule has 45 heavy (non-hydrogen) atoms. The highest BCUT2D eigenvalue weighted by molar-refractivity contribution is 7.18. The number of benzene rings is 4. The third-order valence-electron chi connectivity index (χ3n) is 7.12. The van der Waals surface area contributed by atoms with Gasteiger partial charge in [0.05, 0.1) is 26.3 Å². The molecule has 0 saturated carbocycles. The van der Waals surface area contributed by atoms with Gasteiger partial charge in [0.2, 0.25) is 5.89 Å². The molecular weight excluding hydrogens is 573 g/mol. The van der Waals surface area contributed by atoms with Crippen LogP contribution in [-0.2, 0) is 16.2 Å². The Balaban J connectivity index is 0.000000137. The zero-order chi connectivity index (χ0) is 32.4. The van der Waals surface area contributed by atoms with Crippen molar-refractivity contribution in [1.82, 2.24) is 19.5 Å². The van der Waals surface area contributed by atoms with E-state index in [2.05, 4.69) is 138 Å². The van der Waals surface area contributed by atoms with Gasteiger partial charge in [-0.15, -0.1) is 11.3 Å². The molecular formula is C39H44N4OS. The smallest absolute Gasteiger partial charge is 0.200 e. The second-order valence-corrected chi connectivity index (χ2v) is 15.3. The Morgan fingerprint density at radius 1 is 0.533 bits per heavy atom. The summed E-state index contributed by atoms with van der Waals surface area (Å²) in [5.41, 5.74) is 6.48. The molecule has 7 rings (SSSR count). The first-order chi connectivity index (χ1) is 21.2. The third kappa shape index (κ3) is 7.51. The maximum atomic E-state index is 5.62. The minimum Gasteiger partial charge on any atom is -0.440 e. The monoisotopic (exact) mass is 616 g/mol. The number of para-hydroxylation sites is 6. The largest absolute Gasteiger partial charge is 0.440 e. The van der Waals surface area contributed by atoms with Gasteiger partial charge in [0.1, 0.15) is 11.3 Å². The highest BCUT2D eigenvalue weighted by Crippen LogP contribution is 2.31. The molecule has 0 atom stereocenters. The van der Waals surface area contributed by atoms with Gasteiger partial charge in [-0.3, -0.25) is 4.57 Å². The van der Waals surface area contributed by atoms with Crippen molar-refractivity contribution in [2.75, 3.05) is 0 Å². The van der Waals surface area contributed by atoms with E-state index in [1.165, 1.54) is 20.9 Å². The molecule has 6 heteroatoms. The molecule has 0 aliphatic heterocycles. The average molecular weight is 617 g/mol. The van der Waals surface area contributed by atoms with Crippen LogP contribution < -0.4 is 0 Å². The molecule has 0 radical (unpaired) electrons. The van der Waals surface area contributed by atoms with E-state index in [0.29, 0.717) is 0 Å². The summed E-state index contributed by atoms with van der Waals surface area (Å²) in [5.74, 6) is 1.90. The first kappa shape index (κ1) is 32.1. The van der Waals surface area contributed by atoms with E-state index < -0.39 is 0 Å². The summed E-state index contributed by atoms with van der Waals surface area (Å²) in [6.07, 6.45) is 0. The maximum Gasteiger partial charge on any atom is 0.200 e. The number of aromatic nitrogens is 4. The van der Waals surface area contributed by atoms with Crippen molar-refractivity contribution in [1.29, 1.82) is 0 Å². The van der Waals surface area contributed by atoms with Gasteiger partial charge in [-0.1, -0.05) is 117 Å². The second kappa shape index (κ2) is 12.6. The van der Waals surface area contributed by atoms with E-state index in [4.69, 9.17) is 9.40 Å². The lowest BCUT2D eigenvalue weighted by Crippen LogP contribution is -2.18. The fourth-order valence-electron chi connectivity index (χ4n) is 4.75. The van der Waals surface area contributed by atoms with Crippen LogP contribution in [0.2, 0.25) is 0 Å². The van der Waals surface area contributed by atoms with Gasteiger partial charge >= 0.3 is 0 Å². The molecule has 0 aliphatic rings. The van der Waals surface area contributed by atoms with Crippen LogP contribution in [0.3, 0.4) is 0 Å². The summed E-state index contributed by atoms with van der Waals surface area (Å²) >= 11 is 1.79. The van der Waals surface area contributed by atoms with Crippen LogP contribution in [0.15, 0.2) is 108 Å². The van der Waals surface area contributed by atoms with Crippen LogP contribution in [-0.4, -0.2) is 19.5 Å². The van der Waals surface area contributed by atoms with Crippen LogP contribution in [0.1, 0.15) is 79.0 Å². The summed E-state index contributed by atoms with van der Waals surface area (Å²) < 4.78 is 9.17. The van der Waals surface area contributed by atoms with Crippen molar-refractivity contribution < 1.29 is 4.42 Å². The lowest BCUT2D eigenvalue weighted by molar-refractivity contribution is 0.411. The number of hydrogen-bond donors (Lipinski definition) is 0. The number of rotatable bonds is 1. The Morgan fingerprint density at radius 3 is 1.71 bits per heavy atom. The predicted octanol–water partition coefficient (Wildman–Crippen LogP) is 11.0. The molecule has 5 nitrogen and oxygen atoms in total. The quantitative estimate of drug-likeness (QED) is 0.184. The lowest BCUT2D eigenvalue weighted by atomic mass is 9.95.